The molecule has 0 saturated carbocycles. The fourth-order valence-corrected chi connectivity index (χ4v) is 1.70. The Labute approximate surface area is 109 Å². The molecule has 1 aromatic rings. The maximum absolute atomic E-state index is 10.9. The van der Waals surface area contributed by atoms with Crippen molar-refractivity contribution in [2.75, 3.05) is 6.61 Å². The standard InChI is InChI=1S/C15H22O3/c1-12(13-8-5-4-6-9-13)18-11-7-10-15(2,3)14(16)17/h4-6,8-9,12H,7,10-11H2,1-3H3,(H,16,17). The summed E-state index contributed by atoms with van der Waals surface area (Å²) in [6, 6.07) is 10.0. The highest BCUT2D eigenvalue weighted by Crippen LogP contribution is 2.23. The lowest BCUT2D eigenvalue weighted by atomic mass is 9.88. The lowest BCUT2D eigenvalue weighted by molar-refractivity contribution is -0.147. The molecule has 0 heterocycles. The Morgan fingerprint density at radius 1 is 1.33 bits per heavy atom. The predicted octanol–water partition coefficient (Wildman–Crippen LogP) is 3.66. The first kappa shape index (κ1) is 14.7. The molecule has 0 aliphatic heterocycles. The minimum absolute atomic E-state index is 0.0548. The van der Waals surface area contributed by atoms with Gasteiger partial charge in [-0.15, -0.1) is 0 Å². The molecule has 0 aliphatic rings. The molecule has 1 atom stereocenters. The molecule has 0 bridgehead atoms. The number of carbonyl (C=O) groups is 1. The van der Waals surface area contributed by atoms with Gasteiger partial charge < -0.3 is 9.84 Å². The summed E-state index contributed by atoms with van der Waals surface area (Å²) in [6.45, 7) is 6.09. The SMILES string of the molecule is CC(OCCCC(C)(C)C(=O)O)c1ccccc1. The molecular weight excluding hydrogens is 228 g/mol. The van der Waals surface area contributed by atoms with Crippen LogP contribution in [0.2, 0.25) is 0 Å². The van der Waals surface area contributed by atoms with Gasteiger partial charge in [0.05, 0.1) is 11.5 Å². The summed E-state index contributed by atoms with van der Waals surface area (Å²) in [5.74, 6) is -0.751. The normalized spacial score (nSPS) is 13.3. The Balaban J connectivity index is 2.29. The van der Waals surface area contributed by atoms with E-state index in [9.17, 15) is 4.79 Å². The quantitative estimate of drug-likeness (QED) is 0.751. The van der Waals surface area contributed by atoms with Gasteiger partial charge in [0.25, 0.3) is 0 Å². The van der Waals surface area contributed by atoms with Crippen molar-refractivity contribution < 1.29 is 14.6 Å². The lowest BCUT2D eigenvalue weighted by Gasteiger charge is -2.19. The van der Waals surface area contributed by atoms with Crippen LogP contribution >= 0.6 is 0 Å². The van der Waals surface area contributed by atoms with Crippen molar-refractivity contribution in [1.82, 2.24) is 0 Å². The van der Waals surface area contributed by atoms with Crippen LogP contribution in [0.15, 0.2) is 30.3 Å². The molecule has 3 nitrogen and oxygen atoms in total. The van der Waals surface area contributed by atoms with Crippen LogP contribution in [-0.2, 0) is 9.53 Å². The Hall–Kier alpha value is -1.35. The summed E-state index contributed by atoms with van der Waals surface area (Å²) in [4.78, 5) is 10.9. The van der Waals surface area contributed by atoms with Crippen molar-refractivity contribution in [1.29, 1.82) is 0 Å². The fourth-order valence-electron chi connectivity index (χ4n) is 1.70. The van der Waals surface area contributed by atoms with Crippen LogP contribution in [0.1, 0.15) is 45.3 Å². The van der Waals surface area contributed by atoms with Gasteiger partial charge in [0, 0.05) is 6.61 Å². The first-order chi connectivity index (χ1) is 8.43. The molecule has 0 amide bonds. The molecule has 0 aromatic heterocycles. The van der Waals surface area contributed by atoms with E-state index in [-0.39, 0.29) is 6.10 Å². The van der Waals surface area contributed by atoms with Crippen LogP contribution in [0.3, 0.4) is 0 Å². The van der Waals surface area contributed by atoms with Gasteiger partial charge in [-0.2, -0.15) is 0 Å². The van der Waals surface area contributed by atoms with Crippen molar-refractivity contribution in [3.05, 3.63) is 35.9 Å². The number of carboxylic acids is 1. The molecule has 1 unspecified atom stereocenters. The van der Waals surface area contributed by atoms with Crippen LogP contribution < -0.4 is 0 Å². The topological polar surface area (TPSA) is 46.5 Å². The lowest BCUT2D eigenvalue weighted by Crippen LogP contribution is -2.24. The van der Waals surface area contributed by atoms with E-state index in [4.69, 9.17) is 9.84 Å². The molecule has 100 valence electrons. The number of carboxylic acid groups (broad SMARTS) is 1. The van der Waals surface area contributed by atoms with Crippen molar-refractivity contribution >= 4 is 5.97 Å². The molecular formula is C15H22O3. The van der Waals surface area contributed by atoms with Gasteiger partial charge >= 0.3 is 5.97 Å². The van der Waals surface area contributed by atoms with E-state index in [1.54, 1.807) is 13.8 Å². The van der Waals surface area contributed by atoms with Gasteiger partial charge in [-0.25, -0.2) is 0 Å². The van der Waals surface area contributed by atoms with Crippen LogP contribution in [0.4, 0.5) is 0 Å². The summed E-state index contributed by atoms with van der Waals surface area (Å²) in [6.07, 6.45) is 1.44. The minimum atomic E-state index is -0.751. The third-order valence-electron chi connectivity index (χ3n) is 3.16. The van der Waals surface area contributed by atoms with E-state index in [1.807, 2.05) is 37.3 Å². The number of aliphatic carboxylic acids is 1. The molecule has 0 fully saturated rings. The summed E-state index contributed by atoms with van der Waals surface area (Å²) in [7, 11) is 0. The molecule has 0 spiro atoms. The second kappa shape index (κ2) is 6.55. The molecule has 0 saturated heterocycles. The third-order valence-corrected chi connectivity index (χ3v) is 3.16. The van der Waals surface area contributed by atoms with E-state index >= 15 is 0 Å². The van der Waals surface area contributed by atoms with Gasteiger partial charge in [-0.05, 0) is 39.2 Å². The van der Waals surface area contributed by atoms with Gasteiger partial charge in [0.2, 0.25) is 0 Å². The van der Waals surface area contributed by atoms with Crippen LogP contribution in [0, 0.1) is 5.41 Å². The zero-order chi connectivity index (χ0) is 13.6. The highest BCUT2D eigenvalue weighted by molar-refractivity contribution is 5.73. The summed E-state index contributed by atoms with van der Waals surface area (Å²) in [5, 5.41) is 8.99. The number of benzene rings is 1. The second-order valence-electron chi connectivity index (χ2n) is 5.22. The number of hydrogen-bond acceptors (Lipinski definition) is 2. The van der Waals surface area contributed by atoms with Crippen molar-refractivity contribution in [2.24, 2.45) is 5.41 Å². The number of hydrogen-bond donors (Lipinski definition) is 1. The van der Waals surface area contributed by atoms with E-state index < -0.39 is 11.4 Å². The monoisotopic (exact) mass is 250 g/mol. The van der Waals surface area contributed by atoms with E-state index in [0.29, 0.717) is 13.0 Å². The van der Waals surface area contributed by atoms with E-state index in [2.05, 4.69) is 0 Å². The average Bonchev–Trinajstić information content (AvgIpc) is 2.35. The number of ether oxygens (including phenoxy) is 1. The maximum atomic E-state index is 10.9. The molecule has 18 heavy (non-hydrogen) atoms. The Bertz CT molecular complexity index is 371. The molecule has 0 radical (unpaired) electrons. The smallest absolute Gasteiger partial charge is 0.309 e. The molecule has 3 heteroatoms. The van der Waals surface area contributed by atoms with Gasteiger partial charge in [-0.1, -0.05) is 30.3 Å². The summed E-state index contributed by atoms with van der Waals surface area (Å²) in [5.41, 5.74) is 0.481. The Morgan fingerprint density at radius 2 is 1.94 bits per heavy atom. The van der Waals surface area contributed by atoms with Gasteiger partial charge in [0.15, 0.2) is 0 Å². The van der Waals surface area contributed by atoms with Gasteiger partial charge in [-0.3, -0.25) is 4.79 Å². The van der Waals surface area contributed by atoms with Crippen LogP contribution in [0.25, 0.3) is 0 Å². The van der Waals surface area contributed by atoms with E-state index in [0.717, 1.165) is 12.0 Å². The zero-order valence-electron chi connectivity index (χ0n) is 11.3. The Kier molecular flexibility index (Phi) is 5.35. The van der Waals surface area contributed by atoms with Crippen LogP contribution in [-0.4, -0.2) is 17.7 Å². The second-order valence-corrected chi connectivity index (χ2v) is 5.22. The molecule has 1 N–H and O–H groups in total. The Morgan fingerprint density at radius 3 is 2.50 bits per heavy atom. The van der Waals surface area contributed by atoms with E-state index in [1.165, 1.54) is 0 Å². The molecule has 1 aromatic carbocycles. The highest BCUT2D eigenvalue weighted by Gasteiger charge is 2.26. The zero-order valence-corrected chi connectivity index (χ0v) is 11.3. The molecule has 0 aliphatic carbocycles. The first-order valence-corrected chi connectivity index (χ1v) is 6.33. The predicted molar refractivity (Wildman–Crippen MR) is 71.5 cm³/mol. The summed E-state index contributed by atoms with van der Waals surface area (Å²) < 4.78 is 5.71. The molecule has 1 rings (SSSR count). The highest BCUT2D eigenvalue weighted by atomic mass is 16.5. The third kappa shape index (κ3) is 4.49. The van der Waals surface area contributed by atoms with Crippen molar-refractivity contribution in [2.45, 2.75) is 39.7 Å². The van der Waals surface area contributed by atoms with Crippen molar-refractivity contribution in [3.63, 3.8) is 0 Å². The largest absolute Gasteiger partial charge is 0.481 e. The van der Waals surface area contributed by atoms with Crippen LogP contribution in [0.5, 0.6) is 0 Å². The van der Waals surface area contributed by atoms with Gasteiger partial charge in [0.1, 0.15) is 0 Å². The number of rotatable bonds is 7. The first-order valence-electron chi connectivity index (χ1n) is 6.33. The summed E-state index contributed by atoms with van der Waals surface area (Å²) >= 11 is 0. The van der Waals surface area contributed by atoms with Crippen molar-refractivity contribution in [3.8, 4) is 0 Å². The average molecular weight is 250 g/mol. The minimum Gasteiger partial charge on any atom is -0.481 e. The maximum Gasteiger partial charge on any atom is 0.309 e. The fraction of sp³-hybridized carbons (Fsp3) is 0.533.